The fourth-order valence-electron chi connectivity index (χ4n) is 1.93. The number of aryl methyl sites for hydroxylation is 1. The number of anilines is 1. The fourth-order valence-corrected chi connectivity index (χ4v) is 2.51. The highest BCUT2D eigenvalue weighted by Gasteiger charge is 2.11. The number of nitrogens with zero attached hydrogens (tertiary/aromatic N) is 2. The molecule has 1 atom stereocenters. The first-order valence-electron chi connectivity index (χ1n) is 7.05. The summed E-state index contributed by atoms with van der Waals surface area (Å²) in [6.07, 6.45) is 6.47. The van der Waals surface area contributed by atoms with Crippen molar-refractivity contribution in [3.05, 3.63) is 11.9 Å². The summed E-state index contributed by atoms with van der Waals surface area (Å²) in [4.78, 5) is 4.56. The Balaban J connectivity index is 2.47. The van der Waals surface area contributed by atoms with Crippen molar-refractivity contribution < 1.29 is 4.74 Å². The van der Waals surface area contributed by atoms with E-state index in [0.717, 1.165) is 37.8 Å². The number of hydrogen-bond acceptors (Lipinski definition) is 4. The van der Waals surface area contributed by atoms with Crippen molar-refractivity contribution in [2.75, 3.05) is 37.1 Å². The third-order valence-electron chi connectivity index (χ3n) is 3.02. The van der Waals surface area contributed by atoms with Gasteiger partial charge >= 0.3 is 0 Å². The molecule has 0 aliphatic rings. The Morgan fingerprint density at radius 2 is 2.32 bits per heavy atom. The van der Waals surface area contributed by atoms with Gasteiger partial charge in [0.25, 0.3) is 0 Å². The molecule has 1 heterocycles. The predicted molar refractivity (Wildman–Crippen MR) is 84.3 cm³/mol. The molecule has 0 saturated heterocycles. The maximum Gasteiger partial charge on any atom is 0.203 e. The van der Waals surface area contributed by atoms with Crippen molar-refractivity contribution in [1.82, 2.24) is 9.55 Å². The van der Waals surface area contributed by atoms with Crippen LogP contribution in [0.15, 0.2) is 6.20 Å². The topological polar surface area (TPSA) is 39.1 Å². The first-order chi connectivity index (χ1) is 9.19. The van der Waals surface area contributed by atoms with Gasteiger partial charge < -0.3 is 14.6 Å². The second kappa shape index (κ2) is 9.26. The van der Waals surface area contributed by atoms with Gasteiger partial charge in [-0.15, -0.1) is 0 Å². The van der Waals surface area contributed by atoms with Gasteiger partial charge in [0, 0.05) is 32.0 Å². The van der Waals surface area contributed by atoms with Gasteiger partial charge in [0.1, 0.15) is 0 Å². The van der Waals surface area contributed by atoms with Gasteiger partial charge in [0.05, 0.1) is 5.69 Å². The monoisotopic (exact) mass is 285 g/mol. The van der Waals surface area contributed by atoms with E-state index in [1.807, 2.05) is 25.6 Å². The van der Waals surface area contributed by atoms with Crippen LogP contribution in [0.2, 0.25) is 0 Å². The minimum Gasteiger partial charge on any atom is -0.382 e. The second-order valence-corrected chi connectivity index (χ2v) is 5.71. The third kappa shape index (κ3) is 5.87. The summed E-state index contributed by atoms with van der Waals surface area (Å²) in [6.45, 7) is 8.83. The van der Waals surface area contributed by atoms with Crippen molar-refractivity contribution in [3.8, 4) is 0 Å². The van der Waals surface area contributed by atoms with E-state index in [1.165, 1.54) is 12.2 Å². The van der Waals surface area contributed by atoms with E-state index in [-0.39, 0.29) is 0 Å². The van der Waals surface area contributed by atoms with Gasteiger partial charge in [-0.1, -0.05) is 0 Å². The average Bonchev–Trinajstić information content (AvgIpc) is 2.77. The van der Waals surface area contributed by atoms with Crippen molar-refractivity contribution in [2.24, 2.45) is 0 Å². The van der Waals surface area contributed by atoms with Gasteiger partial charge in [-0.3, -0.25) is 0 Å². The standard InChI is InChI=1S/C14H27N3OS/c1-5-18-9-6-8-15-14-16-12(2)11-17(14)13(3)7-10-19-4/h11,13H,5-10H2,1-4H3,(H,15,16). The summed E-state index contributed by atoms with van der Waals surface area (Å²) in [5, 5.41) is 3.42. The average molecular weight is 285 g/mol. The van der Waals surface area contributed by atoms with Crippen molar-refractivity contribution in [2.45, 2.75) is 39.7 Å². The van der Waals surface area contributed by atoms with Crippen molar-refractivity contribution in [1.29, 1.82) is 0 Å². The van der Waals surface area contributed by atoms with Crippen molar-refractivity contribution in [3.63, 3.8) is 0 Å². The van der Waals surface area contributed by atoms with Gasteiger partial charge in [0.2, 0.25) is 5.95 Å². The number of nitrogens with one attached hydrogen (secondary N) is 1. The number of rotatable bonds is 10. The van der Waals surface area contributed by atoms with Crippen LogP contribution in [0.25, 0.3) is 0 Å². The zero-order valence-corrected chi connectivity index (χ0v) is 13.4. The lowest BCUT2D eigenvalue weighted by atomic mass is 10.2. The summed E-state index contributed by atoms with van der Waals surface area (Å²) in [6, 6.07) is 0.489. The molecule has 5 heteroatoms. The first-order valence-corrected chi connectivity index (χ1v) is 8.44. The van der Waals surface area contributed by atoms with Crippen LogP contribution in [-0.4, -0.2) is 41.3 Å². The quantitative estimate of drug-likeness (QED) is 0.669. The number of aromatic nitrogens is 2. The molecule has 1 aromatic rings. The summed E-state index contributed by atoms with van der Waals surface area (Å²) in [5.41, 5.74) is 1.07. The van der Waals surface area contributed by atoms with E-state index < -0.39 is 0 Å². The molecule has 110 valence electrons. The predicted octanol–water partition coefficient (Wildman–Crippen LogP) is 3.34. The zero-order chi connectivity index (χ0) is 14.1. The molecule has 4 nitrogen and oxygen atoms in total. The maximum atomic E-state index is 5.34. The maximum absolute atomic E-state index is 5.34. The van der Waals surface area contributed by atoms with Crippen LogP contribution >= 0.6 is 11.8 Å². The first kappa shape index (κ1) is 16.4. The van der Waals surface area contributed by atoms with Crippen LogP contribution in [0.1, 0.15) is 38.4 Å². The normalized spacial score (nSPS) is 12.6. The number of ether oxygens (including phenoxy) is 1. The van der Waals surface area contributed by atoms with Gasteiger partial charge in [0.15, 0.2) is 0 Å². The Kier molecular flexibility index (Phi) is 7.98. The third-order valence-corrected chi connectivity index (χ3v) is 3.66. The molecule has 19 heavy (non-hydrogen) atoms. The highest BCUT2D eigenvalue weighted by Crippen LogP contribution is 2.20. The van der Waals surface area contributed by atoms with Crippen LogP contribution in [0.5, 0.6) is 0 Å². The molecule has 1 unspecified atom stereocenters. The van der Waals surface area contributed by atoms with E-state index >= 15 is 0 Å². The highest BCUT2D eigenvalue weighted by molar-refractivity contribution is 7.98. The van der Waals surface area contributed by atoms with Crippen LogP contribution in [-0.2, 0) is 4.74 Å². The molecule has 0 aliphatic carbocycles. The Morgan fingerprint density at radius 3 is 3.00 bits per heavy atom. The lowest BCUT2D eigenvalue weighted by Crippen LogP contribution is -2.13. The van der Waals surface area contributed by atoms with Crippen LogP contribution in [0.4, 0.5) is 5.95 Å². The summed E-state index contributed by atoms with van der Waals surface area (Å²) >= 11 is 1.89. The molecule has 0 bridgehead atoms. The molecule has 1 N–H and O–H groups in total. The summed E-state index contributed by atoms with van der Waals surface area (Å²) in [7, 11) is 0. The van der Waals surface area contributed by atoms with Gasteiger partial charge in [-0.05, 0) is 45.6 Å². The molecular formula is C14H27N3OS. The van der Waals surface area contributed by atoms with Gasteiger partial charge in [-0.25, -0.2) is 4.98 Å². The Hall–Kier alpha value is -0.680. The molecule has 0 saturated carbocycles. The zero-order valence-electron chi connectivity index (χ0n) is 12.6. The second-order valence-electron chi connectivity index (χ2n) is 4.72. The number of imidazole rings is 1. The molecule has 0 amide bonds. The Morgan fingerprint density at radius 1 is 1.53 bits per heavy atom. The molecule has 0 aromatic carbocycles. The molecular weight excluding hydrogens is 258 g/mol. The van der Waals surface area contributed by atoms with Crippen LogP contribution in [0, 0.1) is 6.92 Å². The van der Waals surface area contributed by atoms with E-state index in [9.17, 15) is 0 Å². The number of thioether (sulfide) groups is 1. The van der Waals surface area contributed by atoms with Gasteiger partial charge in [-0.2, -0.15) is 11.8 Å². The SMILES string of the molecule is CCOCCCNc1nc(C)cn1C(C)CCSC. The van der Waals surface area contributed by atoms with Crippen LogP contribution < -0.4 is 5.32 Å². The molecule has 1 aromatic heterocycles. The molecule has 0 fully saturated rings. The molecule has 0 radical (unpaired) electrons. The highest BCUT2D eigenvalue weighted by atomic mass is 32.2. The Bertz CT molecular complexity index is 354. The summed E-state index contributed by atoms with van der Waals surface area (Å²) < 4.78 is 7.59. The van der Waals surface area contributed by atoms with E-state index in [0.29, 0.717) is 6.04 Å². The van der Waals surface area contributed by atoms with Crippen molar-refractivity contribution >= 4 is 17.7 Å². The fraction of sp³-hybridized carbons (Fsp3) is 0.786. The molecule has 0 spiro atoms. The smallest absolute Gasteiger partial charge is 0.203 e. The molecule has 0 aliphatic heterocycles. The van der Waals surface area contributed by atoms with Crippen LogP contribution in [0.3, 0.4) is 0 Å². The lowest BCUT2D eigenvalue weighted by molar-refractivity contribution is 0.147. The number of hydrogen-bond donors (Lipinski definition) is 1. The minimum absolute atomic E-state index is 0.489. The lowest BCUT2D eigenvalue weighted by Gasteiger charge is -2.16. The van der Waals surface area contributed by atoms with E-state index in [4.69, 9.17) is 4.74 Å². The van der Waals surface area contributed by atoms with E-state index in [1.54, 1.807) is 0 Å². The summed E-state index contributed by atoms with van der Waals surface area (Å²) in [5.74, 6) is 2.17. The molecule has 1 rings (SSSR count). The van der Waals surface area contributed by atoms with E-state index in [2.05, 4.69) is 34.2 Å². The Labute approximate surface area is 121 Å². The minimum atomic E-state index is 0.489. The largest absolute Gasteiger partial charge is 0.382 e.